The number of hydrogen-bond donors (Lipinski definition) is 0. The maximum atomic E-state index is 6.25. The topological polar surface area (TPSA) is 23.8 Å². The molecule has 70 valence electrons. The van der Waals surface area contributed by atoms with Crippen molar-refractivity contribution in [1.29, 1.82) is 5.26 Å². The lowest BCUT2D eigenvalue weighted by atomic mass is 10.3. The second-order valence-corrected chi connectivity index (χ2v) is 3.54. The Morgan fingerprint density at radius 2 is 1.67 bits per heavy atom. The van der Waals surface area contributed by atoms with Gasteiger partial charge in [0.15, 0.2) is 0 Å². The second kappa shape index (κ2) is 6.02. The molecule has 0 spiro atoms. The third-order valence-corrected chi connectivity index (χ3v) is 2.88. The molecule has 2 nitrogen and oxygen atoms in total. The van der Waals surface area contributed by atoms with E-state index in [1.165, 1.54) is 49.9 Å². The fourth-order valence-electron chi connectivity index (χ4n) is 2.18. The quantitative estimate of drug-likeness (QED) is 0.468. The zero-order valence-corrected chi connectivity index (χ0v) is 8.34. The first-order chi connectivity index (χ1) is 5.83. The third kappa shape index (κ3) is 2.83. The molecule has 0 atom stereocenters. The van der Waals surface area contributed by atoms with Gasteiger partial charge in [0, 0.05) is 12.8 Å². The smallest absolute Gasteiger partial charge is 0.0788 e. The Kier molecular flexibility index (Phi) is 5.74. The van der Waals surface area contributed by atoms with Crippen molar-refractivity contribution in [1.82, 2.24) is 0 Å². The van der Waals surface area contributed by atoms with Gasteiger partial charge in [-0.1, -0.05) is 6.92 Å². The minimum atomic E-state index is 1.36. The molecule has 0 radical (unpaired) electrons. The third-order valence-electron chi connectivity index (χ3n) is 2.88. The molecule has 1 aliphatic rings. The van der Waals surface area contributed by atoms with Gasteiger partial charge in [-0.15, -0.1) is 0 Å². The van der Waals surface area contributed by atoms with E-state index in [2.05, 4.69) is 13.8 Å². The lowest BCUT2D eigenvalue weighted by Crippen LogP contribution is -2.45. The average Bonchev–Trinajstić information content (AvgIpc) is 2.58. The highest BCUT2D eigenvalue weighted by Gasteiger charge is 2.28. The summed E-state index contributed by atoms with van der Waals surface area (Å²) in [6, 6.07) is 0. The molecule has 1 saturated heterocycles. The molecule has 0 amide bonds. The lowest BCUT2D eigenvalue weighted by molar-refractivity contribution is -0.915. The summed E-state index contributed by atoms with van der Waals surface area (Å²) >= 11 is 0. The van der Waals surface area contributed by atoms with Crippen LogP contribution in [0.15, 0.2) is 0 Å². The van der Waals surface area contributed by atoms with Gasteiger partial charge in [-0.05, 0) is 13.3 Å². The van der Waals surface area contributed by atoms with Crippen LogP contribution in [-0.4, -0.2) is 30.7 Å². The zero-order chi connectivity index (χ0) is 9.45. The van der Waals surface area contributed by atoms with E-state index >= 15 is 0 Å². The Bertz CT molecular complexity index is 123. The van der Waals surface area contributed by atoms with Crippen LogP contribution in [0.1, 0.15) is 33.1 Å². The van der Waals surface area contributed by atoms with E-state index in [-0.39, 0.29) is 0 Å². The van der Waals surface area contributed by atoms with Crippen LogP contribution >= 0.6 is 0 Å². The number of quaternary nitrogens is 1. The Balaban J connectivity index is 0.000000561. The van der Waals surface area contributed by atoms with Crippen molar-refractivity contribution in [3.63, 3.8) is 0 Å². The Morgan fingerprint density at radius 3 is 2.00 bits per heavy atom. The first-order valence-corrected chi connectivity index (χ1v) is 4.90. The predicted octanol–water partition coefficient (Wildman–Crippen LogP) is 2.12. The van der Waals surface area contributed by atoms with Crippen LogP contribution in [0.5, 0.6) is 0 Å². The van der Waals surface area contributed by atoms with Crippen molar-refractivity contribution in [2.24, 2.45) is 0 Å². The van der Waals surface area contributed by atoms with Gasteiger partial charge >= 0.3 is 0 Å². The SMILES string of the molecule is CCC[N+]1(CC)CCCC1.[C-]#N. The fourth-order valence-corrected chi connectivity index (χ4v) is 2.18. The first kappa shape index (κ1) is 11.4. The molecule has 0 saturated carbocycles. The standard InChI is InChI=1S/C9H20N.CN/c1-3-7-10(4-2)8-5-6-9-10;1-2/h3-9H2,1-2H3;/q+1;-1. The summed E-state index contributed by atoms with van der Waals surface area (Å²) in [4.78, 5) is 0. The molecule has 0 aliphatic carbocycles. The van der Waals surface area contributed by atoms with Crippen molar-refractivity contribution in [3.05, 3.63) is 6.57 Å². The van der Waals surface area contributed by atoms with Gasteiger partial charge in [0.05, 0.1) is 26.2 Å². The molecule has 0 aromatic carbocycles. The predicted molar refractivity (Wildman–Crippen MR) is 49.9 cm³/mol. The van der Waals surface area contributed by atoms with Crippen LogP contribution in [0.25, 0.3) is 0 Å². The van der Waals surface area contributed by atoms with E-state index in [1.807, 2.05) is 0 Å². The Labute approximate surface area is 76.4 Å². The average molecular weight is 168 g/mol. The largest absolute Gasteiger partial charge is 0.512 e. The second-order valence-electron chi connectivity index (χ2n) is 3.54. The summed E-state index contributed by atoms with van der Waals surface area (Å²) in [7, 11) is 0. The molecule has 12 heavy (non-hydrogen) atoms. The molecule has 1 fully saturated rings. The molecule has 0 aromatic rings. The summed E-state index contributed by atoms with van der Waals surface area (Å²) in [6.45, 7) is 15.0. The van der Waals surface area contributed by atoms with Crippen LogP contribution in [0, 0.1) is 11.8 Å². The molecular formula is C10H20N2. The fraction of sp³-hybridized carbons (Fsp3) is 0.900. The summed E-state index contributed by atoms with van der Waals surface area (Å²) in [5.41, 5.74) is 0. The number of likely N-dealkylation sites (tertiary alicyclic amines) is 1. The molecule has 1 heterocycles. The molecule has 0 N–H and O–H groups in total. The van der Waals surface area contributed by atoms with Crippen molar-refractivity contribution >= 4 is 0 Å². The molecule has 2 heteroatoms. The minimum Gasteiger partial charge on any atom is -0.512 e. The van der Waals surface area contributed by atoms with Crippen LogP contribution in [0.3, 0.4) is 0 Å². The highest BCUT2D eigenvalue weighted by Crippen LogP contribution is 2.18. The van der Waals surface area contributed by atoms with Crippen molar-refractivity contribution < 1.29 is 4.48 Å². The summed E-state index contributed by atoms with van der Waals surface area (Å²) in [5.74, 6) is 0. The van der Waals surface area contributed by atoms with E-state index < -0.39 is 0 Å². The molecule has 1 aliphatic heterocycles. The highest BCUT2D eigenvalue weighted by atomic mass is 15.4. The van der Waals surface area contributed by atoms with Crippen molar-refractivity contribution in [2.45, 2.75) is 33.1 Å². The maximum Gasteiger partial charge on any atom is 0.0788 e. The van der Waals surface area contributed by atoms with Gasteiger partial charge in [-0.3, -0.25) is 0 Å². The van der Waals surface area contributed by atoms with Crippen LogP contribution < -0.4 is 0 Å². The van der Waals surface area contributed by atoms with Gasteiger partial charge in [0.2, 0.25) is 0 Å². The van der Waals surface area contributed by atoms with Crippen molar-refractivity contribution in [2.75, 3.05) is 26.2 Å². The summed E-state index contributed by atoms with van der Waals surface area (Å²) in [5, 5.41) is 6.25. The number of rotatable bonds is 3. The molecular weight excluding hydrogens is 148 g/mol. The number of hydrogen-bond acceptors (Lipinski definition) is 1. The Hall–Kier alpha value is -0.550. The van der Waals surface area contributed by atoms with E-state index in [0.29, 0.717) is 0 Å². The lowest BCUT2D eigenvalue weighted by Gasteiger charge is -2.32. The van der Waals surface area contributed by atoms with E-state index in [4.69, 9.17) is 11.8 Å². The van der Waals surface area contributed by atoms with Crippen LogP contribution in [-0.2, 0) is 0 Å². The minimum absolute atomic E-state index is 1.36. The van der Waals surface area contributed by atoms with Gasteiger partial charge in [0.25, 0.3) is 0 Å². The van der Waals surface area contributed by atoms with Crippen molar-refractivity contribution in [3.8, 4) is 0 Å². The Morgan fingerprint density at radius 1 is 1.17 bits per heavy atom. The van der Waals surface area contributed by atoms with Crippen LogP contribution in [0.4, 0.5) is 0 Å². The van der Waals surface area contributed by atoms with Gasteiger partial charge < -0.3 is 16.3 Å². The van der Waals surface area contributed by atoms with E-state index in [9.17, 15) is 0 Å². The normalized spacial score (nSPS) is 19.7. The molecule has 1 rings (SSSR count). The zero-order valence-electron chi connectivity index (χ0n) is 8.34. The maximum absolute atomic E-state index is 6.25. The summed E-state index contributed by atoms with van der Waals surface area (Å²) in [6.07, 6.45) is 4.29. The summed E-state index contributed by atoms with van der Waals surface area (Å²) < 4.78 is 1.41. The van der Waals surface area contributed by atoms with E-state index in [0.717, 1.165) is 0 Å². The van der Waals surface area contributed by atoms with E-state index in [1.54, 1.807) is 0 Å². The number of nitrogens with zero attached hydrogens (tertiary/aromatic N) is 2. The monoisotopic (exact) mass is 168 g/mol. The molecule has 0 bridgehead atoms. The van der Waals surface area contributed by atoms with Gasteiger partial charge in [0.1, 0.15) is 0 Å². The molecule has 0 aromatic heterocycles. The van der Waals surface area contributed by atoms with Crippen LogP contribution in [0.2, 0.25) is 0 Å². The van der Waals surface area contributed by atoms with Gasteiger partial charge in [-0.2, -0.15) is 0 Å². The van der Waals surface area contributed by atoms with Gasteiger partial charge in [-0.25, -0.2) is 0 Å². The molecule has 0 unspecified atom stereocenters. The first-order valence-electron chi connectivity index (χ1n) is 4.90. The highest BCUT2D eigenvalue weighted by molar-refractivity contribution is 4.52.